The van der Waals surface area contributed by atoms with Crippen LogP contribution in [-0.2, 0) is 4.79 Å². The van der Waals surface area contributed by atoms with Crippen LogP contribution in [0.3, 0.4) is 0 Å². The van der Waals surface area contributed by atoms with E-state index >= 15 is 0 Å². The van der Waals surface area contributed by atoms with Crippen molar-refractivity contribution in [3.8, 4) is 5.75 Å². The maximum atomic E-state index is 13.5. The molecule has 0 spiro atoms. The molecule has 1 saturated carbocycles. The topological polar surface area (TPSA) is 61.9 Å². The zero-order chi connectivity index (χ0) is 22.7. The molecule has 2 fully saturated rings. The van der Waals surface area contributed by atoms with Gasteiger partial charge in [0.1, 0.15) is 11.6 Å². The SMILES string of the molecule is COc1ccc([C@H]2C[C@H](NC(=O)c3ccc(F)cc3)C[C@@H]2C(=O)N2CCN(C)CC2)cc1. The van der Waals surface area contributed by atoms with E-state index in [0.29, 0.717) is 18.4 Å². The van der Waals surface area contributed by atoms with E-state index in [1.54, 1.807) is 7.11 Å². The first-order chi connectivity index (χ1) is 15.4. The van der Waals surface area contributed by atoms with Gasteiger partial charge in [0, 0.05) is 43.7 Å². The Morgan fingerprint density at radius 3 is 2.25 bits per heavy atom. The number of hydrogen-bond acceptors (Lipinski definition) is 4. The summed E-state index contributed by atoms with van der Waals surface area (Å²) < 4.78 is 18.5. The number of methoxy groups -OCH3 is 1. The number of carbonyl (C=O) groups excluding carboxylic acids is 2. The van der Waals surface area contributed by atoms with Crippen LogP contribution in [0, 0.1) is 11.7 Å². The molecule has 0 aromatic heterocycles. The number of halogens is 1. The van der Waals surface area contributed by atoms with E-state index in [2.05, 4.69) is 17.3 Å². The van der Waals surface area contributed by atoms with Gasteiger partial charge in [-0.25, -0.2) is 4.39 Å². The lowest BCUT2D eigenvalue weighted by Crippen LogP contribution is -2.49. The van der Waals surface area contributed by atoms with Crippen LogP contribution in [0.2, 0.25) is 0 Å². The summed E-state index contributed by atoms with van der Waals surface area (Å²) in [6.07, 6.45) is 1.28. The lowest BCUT2D eigenvalue weighted by atomic mass is 9.87. The predicted molar refractivity (Wildman–Crippen MR) is 120 cm³/mol. The number of amides is 2. The van der Waals surface area contributed by atoms with Crippen molar-refractivity contribution in [3.05, 3.63) is 65.5 Å². The van der Waals surface area contributed by atoms with Crippen molar-refractivity contribution >= 4 is 11.8 Å². The molecule has 1 saturated heterocycles. The average Bonchev–Trinajstić information content (AvgIpc) is 3.23. The number of likely N-dealkylation sites (N-methyl/N-ethyl adjacent to an activating group) is 1. The van der Waals surface area contributed by atoms with Gasteiger partial charge < -0.3 is 19.9 Å². The quantitative estimate of drug-likeness (QED) is 0.778. The van der Waals surface area contributed by atoms with Gasteiger partial charge in [0.15, 0.2) is 0 Å². The molecule has 1 N–H and O–H groups in total. The van der Waals surface area contributed by atoms with Crippen molar-refractivity contribution in [2.45, 2.75) is 24.8 Å². The molecule has 3 atom stereocenters. The number of nitrogens with one attached hydrogen (secondary N) is 1. The lowest BCUT2D eigenvalue weighted by Gasteiger charge is -2.35. The Labute approximate surface area is 188 Å². The average molecular weight is 440 g/mol. The summed E-state index contributed by atoms with van der Waals surface area (Å²) in [5.74, 6) is 0.153. The molecule has 2 amide bonds. The van der Waals surface area contributed by atoms with Crippen molar-refractivity contribution in [2.24, 2.45) is 5.92 Å². The van der Waals surface area contributed by atoms with E-state index in [9.17, 15) is 14.0 Å². The van der Waals surface area contributed by atoms with E-state index in [1.807, 2.05) is 29.2 Å². The molecule has 2 aromatic carbocycles. The lowest BCUT2D eigenvalue weighted by molar-refractivity contribution is -0.137. The number of benzene rings is 2. The van der Waals surface area contributed by atoms with E-state index in [1.165, 1.54) is 24.3 Å². The van der Waals surface area contributed by atoms with Gasteiger partial charge in [-0.05, 0) is 67.8 Å². The van der Waals surface area contributed by atoms with Crippen LogP contribution in [0.15, 0.2) is 48.5 Å². The summed E-state index contributed by atoms with van der Waals surface area (Å²) in [5, 5.41) is 3.07. The van der Waals surface area contributed by atoms with Gasteiger partial charge in [0.2, 0.25) is 5.91 Å². The second-order valence-electron chi connectivity index (χ2n) is 8.76. The highest BCUT2D eigenvalue weighted by atomic mass is 19.1. The standard InChI is InChI=1S/C25H30FN3O3/c1-28-11-13-29(14-12-28)25(31)23-16-20(27-24(30)18-3-7-19(26)8-4-18)15-22(23)17-5-9-21(32-2)10-6-17/h3-10,20,22-23H,11-16H2,1-2H3,(H,27,30)/t20-,22+,23-/m0/s1. The molecule has 32 heavy (non-hydrogen) atoms. The van der Waals surface area contributed by atoms with Crippen molar-refractivity contribution in [3.63, 3.8) is 0 Å². The monoisotopic (exact) mass is 439 g/mol. The van der Waals surface area contributed by atoms with Crippen LogP contribution in [0.5, 0.6) is 5.75 Å². The molecule has 0 radical (unpaired) electrons. The smallest absolute Gasteiger partial charge is 0.251 e. The van der Waals surface area contributed by atoms with E-state index in [4.69, 9.17) is 4.74 Å². The van der Waals surface area contributed by atoms with Crippen molar-refractivity contribution in [1.29, 1.82) is 0 Å². The van der Waals surface area contributed by atoms with E-state index < -0.39 is 0 Å². The summed E-state index contributed by atoms with van der Waals surface area (Å²) in [5.41, 5.74) is 1.50. The maximum Gasteiger partial charge on any atom is 0.251 e. The number of hydrogen-bond donors (Lipinski definition) is 1. The third-order valence-electron chi connectivity index (χ3n) is 6.68. The molecule has 6 nitrogen and oxygen atoms in total. The molecule has 1 aliphatic heterocycles. The first-order valence-corrected chi connectivity index (χ1v) is 11.1. The van der Waals surface area contributed by atoms with Crippen LogP contribution >= 0.6 is 0 Å². The summed E-state index contributed by atoms with van der Waals surface area (Å²) in [6, 6.07) is 13.2. The second-order valence-corrected chi connectivity index (χ2v) is 8.76. The van der Waals surface area contributed by atoms with Gasteiger partial charge in [-0.1, -0.05) is 12.1 Å². The highest BCUT2D eigenvalue weighted by Gasteiger charge is 2.42. The molecule has 1 aliphatic carbocycles. The van der Waals surface area contributed by atoms with Crippen LogP contribution in [-0.4, -0.2) is 68.0 Å². The molecule has 0 unspecified atom stereocenters. The molecule has 7 heteroatoms. The van der Waals surface area contributed by atoms with Crippen LogP contribution in [0.4, 0.5) is 4.39 Å². The Bertz CT molecular complexity index is 940. The summed E-state index contributed by atoms with van der Waals surface area (Å²) >= 11 is 0. The third kappa shape index (κ3) is 4.93. The number of nitrogens with zero attached hydrogens (tertiary/aromatic N) is 2. The van der Waals surface area contributed by atoms with Crippen molar-refractivity contribution in [1.82, 2.24) is 15.1 Å². The van der Waals surface area contributed by atoms with E-state index in [0.717, 1.165) is 37.5 Å². The van der Waals surface area contributed by atoms with Crippen LogP contribution in [0.25, 0.3) is 0 Å². The zero-order valence-electron chi connectivity index (χ0n) is 18.6. The highest BCUT2D eigenvalue weighted by molar-refractivity contribution is 5.94. The van der Waals surface area contributed by atoms with Crippen LogP contribution < -0.4 is 10.1 Å². The minimum absolute atomic E-state index is 0.0200. The molecular weight excluding hydrogens is 409 g/mol. The molecule has 4 rings (SSSR count). The largest absolute Gasteiger partial charge is 0.497 e. The Morgan fingerprint density at radius 1 is 0.969 bits per heavy atom. The fourth-order valence-electron chi connectivity index (χ4n) is 4.78. The minimum atomic E-state index is -0.375. The normalized spacial score (nSPS) is 23.7. The fraction of sp³-hybridized carbons (Fsp3) is 0.440. The Balaban J connectivity index is 1.52. The zero-order valence-corrected chi connectivity index (χ0v) is 18.6. The van der Waals surface area contributed by atoms with Gasteiger partial charge in [0.25, 0.3) is 5.91 Å². The van der Waals surface area contributed by atoms with Crippen molar-refractivity contribution < 1.29 is 18.7 Å². The summed E-state index contributed by atoms with van der Waals surface area (Å²) in [4.78, 5) is 30.4. The Kier molecular flexibility index (Phi) is 6.74. The van der Waals surface area contributed by atoms with Crippen molar-refractivity contribution in [2.75, 3.05) is 40.3 Å². The number of ether oxygens (including phenoxy) is 1. The van der Waals surface area contributed by atoms with Gasteiger partial charge in [-0.2, -0.15) is 0 Å². The molecule has 2 aromatic rings. The summed E-state index contributed by atoms with van der Waals surface area (Å²) in [7, 11) is 3.70. The Morgan fingerprint density at radius 2 is 1.62 bits per heavy atom. The predicted octanol–water partition coefficient (Wildman–Crippen LogP) is 2.90. The van der Waals surface area contributed by atoms with Gasteiger partial charge in [-0.3, -0.25) is 9.59 Å². The van der Waals surface area contributed by atoms with E-state index in [-0.39, 0.29) is 35.5 Å². The van der Waals surface area contributed by atoms with Gasteiger partial charge in [-0.15, -0.1) is 0 Å². The summed E-state index contributed by atoms with van der Waals surface area (Å²) in [6.45, 7) is 3.20. The molecular formula is C25H30FN3O3. The second kappa shape index (κ2) is 9.69. The molecule has 170 valence electrons. The molecule has 2 aliphatic rings. The molecule has 1 heterocycles. The first kappa shape index (κ1) is 22.3. The van der Waals surface area contributed by atoms with Gasteiger partial charge in [0.05, 0.1) is 7.11 Å². The Hall–Kier alpha value is -2.93. The minimum Gasteiger partial charge on any atom is -0.497 e. The first-order valence-electron chi connectivity index (χ1n) is 11.1. The fourth-order valence-corrected chi connectivity index (χ4v) is 4.78. The highest BCUT2D eigenvalue weighted by Crippen LogP contribution is 2.41. The maximum absolute atomic E-state index is 13.5. The van der Waals surface area contributed by atoms with Crippen LogP contribution in [0.1, 0.15) is 34.7 Å². The molecule has 0 bridgehead atoms. The number of carbonyl (C=O) groups is 2. The number of piperazine rings is 1. The van der Waals surface area contributed by atoms with Gasteiger partial charge >= 0.3 is 0 Å². The number of rotatable bonds is 5. The third-order valence-corrected chi connectivity index (χ3v) is 6.68.